The second-order valence-corrected chi connectivity index (χ2v) is 8.15. The molecule has 9 heteroatoms. The molecule has 168 valence electrons. The monoisotopic (exact) mass is 491 g/mol. The number of carbonyl (C=O) groups excluding carboxylic acids is 2. The third kappa shape index (κ3) is 4.34. The smallest absolute Gasteiger partial charge is 0.416 e. The van der Waals surface area contributed by atoms with Crippen LogP contribution in [-0.4, -0.2) is 16.8 Å². The van der Waals surface area contributed by atoms with Crippen molar-refractivity contribution in [2.45, 2.75) is 12.2 Å². The Balaban J connectivity index is 1.94. The first-order valence-electron chi connectivity index (χ1n) is 9.57. The van der Waals surface area contributed by atoms with E-state index in [4.69, 9.17) is 23.2 Å². The first kappa shape index (κ1) is 22.9. The van der Waals surface area contributed by atoms with Crippen LogP contribution < -0.4 is 4.90 Å². The highest BCUT2D eigenvalue weighted by molar-refractivity contribution is 6.51. The summed E-state index contributed by atoms with van der Waals surface area (Å²) in [6.45, 7) is 0. The number of benzene rings is 3. The van der Waals surface area contributed by atoms with Crippen molar-refractivity contribution in [3.63, 3.8) is 0 Å². The van der Waals surface area contributed by atoms with Crippen molar-refractivity contribution in [2.24, 2.45) is 0 Å². The molecule has 1 N–H and O–H groups in total. The van der Waals surface area contributed by atoms with Crippen LogP contribution in [0.4, 0.5) is 18.9 Å². The largest absolute Gasteiger partial charge is 0.507 e. The normalized spacial score (nSPS) is 18.1. The highest BCUT2D eigenvalue weighted by Crippen LogP contribution is 2.43. The van der Waals surface area contributed by atoms with Crippen LogP contribution in [0.25, 0.3) is 5.76 Å². The molecule has 1 atom stereocenters. The number of hydrogen-bond acceptors (Lipinski definition) is 3. The van der Waals surface area contributed by atoms with E-state index in [9.17, 15) is 27.9 Å². The first-order chi connectivity index (χ1) is 15.6. The number of ketones is 1. The molecule has 33 heavy (non-hydrogen) atoms. The fourth-order valence-electron chi connectivity index (χ4n) is 3.65. The molecule has 0 radical (unpaired) electrons. The number of aliphatic hydroxyl groups excluding tert-OH is 1. The Bertz CT molecular complexity index is 1270. The number of anilines is 1. The molecule has 0 unspecified atom stereocenters. The van der Waals surface area contributed by atoms with E-state index in [1.807, 2.05) is 0 Å². The molecular weight excluding hydrogens is 478 g/mol. The Hall–Kier alpha value is -3.29. The number of Topliss-reactive ketones (excluding diaryl/α,β-unsaturated/α-hetero) is 1. The Kier molecular flexibility index (Phi) is 5.95. The number of halogens is 5. The Morgan fingerprint density at radius 3 is 2.03 bits per heavy atom. The van der Waals surface area contributed by atoms with Crippen LogP contribution >= 0.6 is 23.2 Å². The zero-order valence-corrected chi connectivity index (χ0v) is 18.1. The van der Waals surface area contributed by atoms with Crippen LogP contribution in [0, 0.1) is 0 Å². The van der Waals surface area contributed by atoms with Crippen molar-refractivity contribution < 1.29 is 27.9 Å². The topological polar surface area (TPSA) is 57.6 Å². The minimum Gasteiger partial charge on any atom is -0.507 e. The molecule has 0 spiro atoms. The second kappa shape index (κ2) is 8.57. The molecule has 3 aromatic rings. The summed E-state index contributed by atoms with van der Waals surface area (Å²) in [5.74, 6) is -2.57. The molecular formula is C24H14Cl2F3NO3. The summed E-state index contributed by atoms with van der Waals surface area (Å²) in [6.07, 6.45) is -4.65. The predicted molar refractivity (Wildman–Crippen MR) is 119 cm³/mol. The van der Waals surface area contributed by atoms with Gasteiger partial charge < -0.3 is 5.11 Å². The van der Waals surface area contributed by atoms with Crippen LogP contribution in [0.2, 0.25) is 10.0 Å². The standard InChI is InChI=1S/C24H14Cl2F3NO3/c25-16-8-4-13(5-9-16)20-19(21(31)14-6-10-17(26)11-7-14)22(32)23(33)30(20)18-3-1-2-15(12-18)24(27,28)29/h1-12,20,31H/t20-/m1/s1. The van der Waals surface area contributed by atoms with Gasteiger partial charge in [-0.25, -0.2) is 0 Å². The minimum atomic E-state index is -4.65. The average Bonchev–Trinajstić information content (AvgIpc) is 3.04. The SMILES string of the molecule is O=C1C(=O)N(c2cccc(C(F)(F)F)c2)[C@H](c2ccc(Cl)cc2)C1=C(O)c1ccc(Cl)cc1. The van der Waals surface area contributed by atoms with Crippen LogP contribution in [0.1, 0.15) is 22.7 Å². The van der Waals surface area contributed by atoms with Crippen molar-refractivity contribution in [2.75, 3.05) is 4.90 Å². The number of amides is 1. The van der Waals surface area contributed by atoms with E-state index in [2.05, 4.69) is 0 Å². The van der Waals surface area contributed by atoms with Crippen LogP contribution in [0.15, 0.2) is 78.4 Å². The minimum absolute atomic E-state index is 0.137. The summed E-state index contributed by atoms with van der Waals surface area (Å²) in [7, 11) is 0. The summed E-state index contributed by atoms with van der Waals surface area (Å²) in [5, 5.41) is 11.7. The Labute approximate surface area is 196 Å². The lowest BCUT2D eigenvalue weighted by Crippen LogP contribution is -2.29. The molecule has 0 aliphatic carbocycles. The summed E-state index contributed by atoms with van der Waals surface area (Å²) in [4.78, 5) is 27.0. The molecule has 0 saturated carbocycles. The van der Waals surface area contributed by atoms with E-state index >= 15 is 0 Å². The zero-order chi connectivity index (χ0) is 23.9. The van der Waals surface area contributed by atoms with Crippen molar-refractivity contribution in [3.05, 3.63) is 105 Å². The molecule has 1 saturated heterocycles. The van der Waals surface area contributed by atoms with Gasteiger partial charge in [0.1, 0.15) is 5.76 Å². The number of hydrogen-bond donors (Lipinski definition) is 1. The Morgan fingerprint density at radius 2 is 1.45 bits per heavy atom. The van der Waals surface area contributed by atoms with Crippen molar-refractivity contribution in [1.82, 2.24) is 0 Å². The molecule has 1 fully saturated rings. The van der Waals surface area contributed by atoms with Crippen LogP contribution in [0.5, 0.6) is 0 Å². The quantitative estimate of drug-likeness (QED) is 0.254. The lowest BCUT2D eigenvalue weighted by atomic mass is 9.95. The van der Waals surface area contributed by atoms with Crippen molar-refractivity contribution >= 4 is 46.3 Å². The van der Waals surface area contributed by atoms with Gasteiger partial charge in [0, 0.05) is 21.3 Å². The van der Waals surface area contributed by atoms with Gasteiger partial charge in [0.2, 0.25) is 0 Å². The molecule has 3 aromatic carbocycles. The predicted octanol–water partition coefficient (Wildman–Crippen LogP) is 6.64. The van der Waals surface area contributed by atoms with E-state index < -0.39 is 35.2 Å². The average molecular weight is 492 g/mol. The number of rotatable bonds is 3. The van der Waals surface area contributed by atoms with Crippen LogP contribution in [0.3, 0.4) is 0 Å². The summed E-state index contributed by atoms with van der Waals surface area (Å²) in [5.41, 5.74) is -0.773. The molecule has 1 amide bonds. The molecule has 1 aliphatic heterocycles. The molecule has 0 aromatic heterocycles. The lowest BCUT2D eigenvalue weighted by molar-refractivity contribution is -0.137. The highest BCUT2D eigenvalue weighted by atomic mass is 35.5. The maximum Gasteiger partial charge on any atom is 0.416 e. The van der Waals surface area contributed by atoms with Gasteiger partial charge in [-0.05, 0) is 60.2 Å². The fourth-order valence-corrected chi connectivity index (χ4v) is 3.91. The molecule has 4 nitrogen and oxygen atoms in total. The number of aliphatic hydroxyl groups is 1. The van der Waals surface area contributed by atoms with Crippen LogP contribution in [-0.2, 0) is 15.8 Å². The van der Waals surface area contributed by atoms with Crippen molar-refractivity contribution in [1.29, 1.82) is 0 Å². The van der Waals surface area contributed by atoms with E-state index in [-0.39, 0.29) is 16.8 Å². The third-order valence-electron chi connectivity index (χ3n) is 5.20. The third-order valence-corrected chi connectivity index (χ3v) is 5.70. The second-order valence-electron chi connectivity index (χ2n) is 7.28. The highest BCUT2D eigenvalue weighted by Gasteiger charge is 2.47. The van der Waals surface area contributed by atoms with Gasteiger partial charge >= 0.3 is 6.18 Å². The fraction of sp³-hybridized carbons (Fsp3) is 0.0833. The maximum atomic E-state index is 13.3. The number of nitrogens with zero attached hydrogens (tertiary/aromatic N) is 1. The molecule has 0 bridgehead atoms. The van der Waals surface area contributed by atoms with Crippen molar-refractivity contribution in [3.8, 4) is 0 Å². The van der Waals surface area contributed by atoms with Gasteiger partial charge in [0.05, 0.1) is 17.2 Å². The van der Waals surface area contributed by atoms with E-state index in [0.717, 1.165) is 23.1 Å². The van der Waals surface area contributed by atoms with E-state index in [0.29, 0.717) is 15.6 Å². The Morgan fingerprint density at radius 1 is 0.879 bits per heavy atom. The van der Waals surface area contributed by atoms with Gasteiger partial charge in [-0.3, -0.25) is 14.5 Å². The lowest BCUT2D eigenvalue weighted by Gasteiger charge is -2.26. The molecule has 1 aliphatic rings. The molecule has 4 rings (SSSR count). The van der Waals surface area contributed by atoms with E-state index in [1.54, 1.807) is 0 Å². The van der Waals surface area contributed by atoms with Gasteiger partial charge in [-0.15, -0.1) is 0 Å². The first-order valence-corrected chi connectivity index (χ1v) is 10.3. The van der Waals surface area contributed by atoms with E-state index in [1.165, 1.54) is 54.6 Å². The van der Waals surface area contributed by atoms with Gasteiger partial charge in [-0.1, -0.05) is 41.4 Å². The van der Waals surface area contributed by atoms with Gasteiger partial charge in [0.25, 0.3) is 11.7 Å². The zero-order valence-electron chi connectivity index (χ0n) is 16.6. The summed E-state index contributed by atoms with van der Waals surface area (Å²) < 4.78 is 39.9. The summed E-state index contributed by atoms with van der Waals surface area (Å²) >= 11 is 11.9. The van der Waals surface area contributed by atoms with Gasteiger partial charge in [0.15, 0.2) is 0 Å². The maximum absolute atomic E-state index is 13.3. The number of alkyl halides is 3. The summed E-state index contributed by atoms with van der Waals surface area (Å²) in [6, 6.07) is 15.0. The number of carbonyl (C=O) groups is 2. The molecule has 1 heterocycles. The van der Waals surface area contributed by atoms with Gasteiger partial charge in [-0.2, -0.15) is 13.2 Å².